The number of rotatable bonds is 0. The van der Waals surface area contributed by atoms with Crippen molar-refractivity contribution in [1.29, 1.82) is 0 Å². The van der Waals surface area contributed by atoms with Crippen LogP contribution in [0.1, 0.15) is 0 Å². The van der Waals surface area contributed by atoms with Gasteiger partial charge in [-0.25, -0.2) is 0 Å². The Bertz CT molecular complexity index is 11.6. The van der Waals surface area contributed by atoms with Crippen LogP contribution in [0.25, 0.3) is 0 Å². The van der Waals surface area contributed by atoms with Gasteiger partial charge in [-0.3, -0.25) is 0 Å². The molecular formula is Cl3FePb. The second-order valence-electron chi connectivity index (χ2n) is 0.152. The van der Waals surface area contributed by atoms with Crippen LogP contribution in [0.5, 0.6) is 0 Å². The number of halogens is 3. The maximum atomic E-state index is 4.89. The molecule has 0 atom stereocenters. The Morgan fingerprint density at radius 1 is 1.00 bits per heavy atom. The first-order valence-corrected chi connectivity index (χ1v) is 4.96. The molecule has 0 fully saturated rings. The number of hydrogen-bond donors (Lipinski definition) is 0. The van der Waals surface area contributed by atoms with Gasteiger partial charge in [0.25, 0.3) is 0 Å². The summed E-state index contributed by atoms with van der Waals surface area (Å²) in [6, 6.07) is 0. The normalized spacial score (nSPS) is 9.00. The van der Waals surface area contributed by atoms with Crippen molar-refractivity contribution in [3.8, 4) is 0 Å². The zero-order valence-corrected chi connectivity index (χ0v) is 9.25. The molecule has 0 heterocycles. The van der Waals surface area contributed by atoms with Gasteiger partial charge in [0, 0.05) is 27.3 Å². The third-order valence-electron chi connectivity index (χ3n) is 0. The summed E-state index contributed by atoms with van der Waals surface area (Å²) in [6.45, 7) is 0. The smallest absolute Gasteiger partial charge is 0 e. The van der Waals surface area contributed by atoms with Gasteiger partial charge in [0.1, 0.15) is 0 Å². The monoisotopic (exact) mass is 369 g/mol. The van der Waals surface area contributed by atoms with Gasteiger partial charge in [-0.2, -0.15) is 0 Å². The molecule has 5 heteroatoms. The van der Waals surface area contributed by atoms with Gasteiger partial charge < -0.3 is 0 Å². The molecule has 0 aliphatic carbocycles. The molecule has 0 aromatic carbocycles. The maximum Gasteiger partial charge on any atom is 0 e. The predicted molar refractivity (Wildman–Crippen MR) is 23.3 cm³/mol. The fraction of sp³-hybridized carbons (Fsp3) is 0. The second kappa shape index (κ2) is 6.31. The van der Waals surface area contributed by atoms with Gasteiger partial charge in [0.05, 0.1) is 0 Å². The summed E-state index contributed by atoms with van der Waals surface area (Å²) in [5.74, 6) is 0. The molecule has 0 N–H and O–H groups in total. The Morgan fingerprint density at radius 3 is 1.00 bits per heavy atom. The van der Waals surface area contributed by atoms with Crippen LogP contribution in [0.3, 0.4) is 0 Å². The van der Waals surface area contributed by atoms with Crippen LogP contribution >= 0.6 is 30.3 Å². The van der Waals surface area contributed by atoms with Crippen LogP contribution in [0, 0.1) is 0 Å². The third kappa shape index (κ3) is 22.0. The van der Waals surface area contributed by atoms with Crippen molar-refractivity contribution < 1.29 is 11.2 Å². The topological polar surface area (TPSA) is 0 Å². The van der Waals surface area contributed by atoms with Crippen molar-refractivity contribution in [2.75, 3.05) is 0 Å². The first kappa shape index (κ1) is 10.3. The Labute approximate surface area is 67.9 Å². The van der Waals surface area contributed by atoms with E-state index >= 15 is 0 Å². The SMILES string of the molecule is [Cl][Fe]([Cl])[Cl].[Pb]. The van der Waals surface area contributed by atoms with E-state index in [1.165, 1.54) is 0 Å². The summed E-state index contributed by atoms with van der Waals surface area (Å²) in [4.78, 5) is 0. The van der Waals surface area contributed by atoms with E-state index in [-0.39, 0.29) is 27.3 Å². The van der Waals surface area contributed by atoms with Gasteiger partial charge in [0.2, 0.25) is 0 Å². The van der Waals surface area contributed by atoms with E-state index in [4.69, 9.17) is 30.3 Å². The molecule has 4 radical (unpaired) electrons. The van der Waals surface area contributed by atoms with E-state index < -0.39 is 11.2 Å². The molecular weight excluding hydrogens is 369 g/mol. The van der Waals surface area contributed by atoms with Gasteiger partial charge in [-0.1, -0.05) is 0 Å². The van der Waals surface area contributed by atoms with Crippen molar-refractivity contribution in [3.05, 3.63) is 0 Å². The minimum Gasteiger partial charge on any atom is 0 e. The van der Waals surface area contributed by atoms with Crippen molar-refractivity contribution >= 4 is 57.6 Å². The van der Waals surface area contributed by atoms with Crippen molar-refractivity contribution in [2.24, 2.45) is 0 Å². The van der Waals surface area contributed by atoms with Crippen molar-refractivity contribution in [2.45, 2.75) is 0 Å². The fourth-order valence-corrected chi connectivity index (χ4v) is 0. The van der Waals surface area contributed by atoms with Crippen LogP contribution in [0.2, 0.25) is 0 Å². The second-order valence-corrected chi connectivity index (χ2v) is 5.62. The molecule has 0 aromatic rings. The fourth-order valence-electron chi connectivity index (χ4n) is 0. The van der Waals surface area contributed by atoms with Crippen LogP contribution < -0.4 is 0 Å². The average molecular weight is 369 g/mol. The molecule has 0 amide bonds. The van der Waals surface area contributed by atoms with Crippen molar-refractivity contribution in [1.82, 2.24) is 0 Å². The molecule has 0 unspecified atom stereocenters. The maximum absolute atomic E-state index is 4.89. The van der Waals surface area contributed by atoms with Gasteiger partial charge in [-0.05, 0) is 0 Å². The summed E-state index contributed by atoms with van der Waals surface area (Å²) >= 11 is -1.33. The molecule has 0 bridgehead atoms. The minimum absolute atomic E-state index is 0. The zero-order valence-electron chi connectivity index (χ0n) is 1.99. The first-order chi connectivity index (χ1) is 1.73. The standard InChI is InChI=1S/3ClH.Fe.Pb/h3*1H;;/q;;;+3;/p-3. The molecule has 0 aromatic heterocycles. The Hall–Kier alpha value is 2.31. The summed E-state index contributed by atoms with van der Waals surface area (Å²) in [5.41, 5.74) is 0. The van der Waals surface area contributed by atoms with Crippen LogP contribution in [-0.2, 0) is 11.2 Å². The van der Waals surface area contributed by atoms with Crippen LogP contribution in [-0.4, -0.2) is 27.3 Å². The Kier molecular flexibility index (Phi) is 13.0. The molecule has 0 rings (SSSR count). The first-order valence-electron chi connectivity index (χ1n) is 0.401. The van der Waals surface area contributed by atoms with Crippen LogP contribution in [0.15, 0.2) is 0 Å². The molecule has 0 saturated heterocycles. The van der Waals surface area contributed by atoms with Gasteiger partial charge in [-0.15, -0.1) is 0 Å². The largest absolute Gasteiger partial charge is 0 e. The van der Waals surface area contributed by atoms with E-state index in [0.717, 1.165) is 0 Å². The van der Waals surface area contributed by atoms with Crippen molar-refractivity contribution in [3.63, 3.8) is 0 Å². The molecule has 5 heavy (non-hydrogen) atoms. The molecule has 0 saturated carbocycles. The zero-order chi connectivity index (χ0) is 3.58. The average Bonchev–Trinajstić information content (AvgIpc) is 0.811. The quantitative estimate of drug-likeness (QED) is 0.570. The summed E-state index contributed by atoms with van der Waals surface area (Å²) in [6.07, 6.45) is 0. The third-order valence-corrected chi connectivity index (χ3v) is 0. The summed E-state index contributed by atoms with van der Waals surface area (Å²) < 4.78 is 0. The van der Waals surface area contributed by atoms with Gasteiger partial charge >= 0.3 is 41.5 Å². The minimum atomic E-state index is -1.33. The summed E-state index contributed by atoms with van der Waals surface area (Å²) in [5, 5.41) is 0. The predicted octanol–water partition coefficient (Wildman–Crippen LogP) is 1.69. The summed E-state index contributed by atoms with van der Waals surface area (Å²) in [7, 11) is 14.7. The Balaban J connectivity index is 0. The molecule has 0 spiro atoms. The van der Waals surface area contributed by atoms with E-state index in [2.05, 4.69) is 0 Å². The van der Waals surface area contributed by atoms with E-state index in [1.807, 2.05) is 0 Å². The molecule has 0 nitrogen and oxygen atoms in total. The molecule has 0 aliphatic heterocycles. The Morgan fingerprint density at radius 2 is 1.00 bits per heavy atom. The van der Waals surface area contributed by atoms with Gasteiger partial charge in [0.15, 0.2) is 0 Å². The molecule has 0 aliphatic rings. The van der Waals surface area contributed by atoms with E-state index in [0.29, 0.717) is 0 Å². The van der Waals surface area contributed by atoms with Crippen LogP contribution in [0.4, 0.5) is 0 Å². The van der Waals surface area contributed by atoms with E-state index in [1.54, 1.807) is 0 Å². The number of hydrogen-bond acceptors (Lipinski definition) is 0. The van der Waals surface area contributed by atoms with E-state index in [9.17, 15) is 0 Å². The molecule has 33 valence electrons.